The molecule has 1 aromatic carbocycles. The standard InChI is InChI=1S/C18H19N3O4S2/c1-27(24,25)20-12-6-7-21-15(10-12)17(22)19-14-5-4-11(9-13(14)18(21)23)16-3-2-8-26-16/h2-5,8-9,12,15,20H,6-7,10H2,1H3,(H,19,22). The third-order valence-corrected chi connectivity index (χ3v) is 6.54. The van der Waals surface area contributed by atoms with E-state index >= 15 is 0 Å². The Kier molecular flexibility index (Phi) is 4.53. The molecule has 0 bridgehead atoms. The molecule has 1 fully saturated rings. The van der Waals surface area contributed by atoms with Gasteiger partial charge < -0.3 is 10.2 Å². The molecule has 0 aliphatic carbocycles. The summed E-state index contributed by atoms with van der Waals surface area (Å²) in [5.41, 5.74) is 1.89. The zero-order chi connectivity index (χ0) is 19.2. The van der Waals surface area contributed by atoms with E-state index in [-0.39, 0.29) is 24.3 Å². The normalized spacial score (nSPS) is 22.6. The van der Waals surface area contributed by atoms with Gasteiger partial charge in [-0.2, -0.15) is 0 Å². The van der Waals surface area contributed by atoms with Crippen LogP contribution < -0.4 is 10.0 Å². The maximum atomic E-state index is 13.1. The first-order valence-corrected chi connectivity index (χ1v) is 11.4. The first-order valence-electron chi connectivity index (χ1n) is 8.59. The maximum Gasteiger partial charge on any atom is 0.256 e. The summed E-state index contributed by atoms with van der Waals surface area (Å²) in [5, 5.41) is 4.81. The molecule has 3 heterocycles. The molecule has 2 unspecified atom stereocenters. The molecule has 2 aromatic rings. The summed E-state index contributed by atoms with van der Waals surface area (Å²) in [7, 11) is -3.37. The number of piperidine rings is 1. The number of rotatable bonds is 3. The fraction of sp³-hybridized carbons (Fsp3) is 0.333. The number of carbonyl (C=O) groups is 2. The third kappa shape index (κ3) is 3.62. The minimum Gasteiger partial charge on any atom is -0.326 e. The van der Waals surface area contributed by atoms with E-state index in [9.17, 15) is 18.0 Å². The number of hydrogen-bond acceptors (Lipinski definition) is 5. The van der Waals surface area contributed by atoms with E-state index in [1.807, 2.05) is 29.6 Å². The third-order valence-electron chi connectivity index (χ3n) is 4.86. The van der Waals surface area contributed by atoms with Crippen LogP contribution in [0.15, 0.2) is 35.7 Å². The van der Waals surface area contributed by atoms with E-state index in [0.717, 1.165) is 16.7 Å². The highest BCUT2D eigenvalue weighted by Crippen LogP contribution is 2.33. The number of fused-ring (bicyclic) bond motifs is 2. The van der Waals surface area contributed by atoms with Crippen molar-refractivity contribution in [3.05, 3.63) is 41.3 Å². The van der Waals surface area contributed by atoms with Gasteiger partial charge in [-0.3, -0.25) is 9.59 Å². The number of sulfonamides is 1. The highest BCUT2D eigenvalue weighted by Gasteiger charge is 2.40. The topological polar surface area (TPSA) is 95.6 Å². The van der Waals surface area contributed by atoms with Gasteiger partial charge in [0.05, 0.1) is 17.5 Å². The molecule has 1 aromatic heterocycles. The molecule has 0 radical (unpaired) electrons. The number of carbonyl (C=O) groups excluding carboxylic acids is 2. The average molecular weight is 406 g/mol. The van der Waals surface area contributed by atoms with Crippen LogP contribution in [0, 0.1) is 0 Å². The predicted octanol–water partition coefficient (Wildman–Crippen LogP) is 1.89. The SMILES string of the molecule is CS(=O)(=O)NC1CCN2C(=O)c3cc(-c4cccs4)ccc3NC(=O)C2C1. The van der Waals surface area contributed by atoms with Gasteiger partial charge in [0.2, 0.25) is 15.9 Å². The smallest absolute Gasteiger partial charge is 0.256 e. The molecule has 1 saturated heterocycles. The quantitative estimate of drug-likeness (QED) is 0.815. The molecule has 9 heteroatoms. The first kappa shape index (κ1) is 18.1. The van der Waals surface area contributed by atoms with Crippen LogP contribution in [0.4, 0.5) is 5.69 Å². The number of benzene rings is 1. The van der Waals surface area contributed by atoms with Crippen molar-refractivity contribution in [2.75, 3.05) is 18.1 Å². The molecule has 2 aliphatic heterocycles. The Bertz CT molecular complexity index is 1000. The second-order valence-corrected chi connectivity index (χ2v) is 9.58. The summed E-state index contributed by atoms with van der Waals surface area (Å²) in [6.07, 6.45) is 1.83. The summed E-state index contributed by atoms with van der Waals surface area (Å²) < 4.78 is 25.6. The number of hydrogen-bond donors (Lipinski definition) is 2. The molecule has 0 spiro atoms. The second kappa shape index (κ2) is 6.74. The van der Waals surface area contributed by atoms with E-state index in [0.29, 0.717) is 24.2 Å². The van der Waals surface area contributed by atoms with E-state index < -0.39 is 16.1 Å². The monoisotopic (exact) mass is 405 g/mol. The molecule has 4 rings (SSSR count). The maximum absolute atomic E-state index is 13.1. The van der Waals surface area contributed by atoms with Gasteiger partial charge in [-0.25, -0.2) is 13.1 Å². The second-order valence-electron chi connectivity index (χ2n) is 6.85. The summed E-state index contributed by atoms with van der Waals surface area (Å²) in [4.78, 5) is 28.4. The van der Waals surface area contributed by atoms with Crippen LogP contribution in [-0.2, 0) is 14.8 Å². The fourth-order valence-electron chi connectivity index (χ4n) is 3.66. The van der Waals surface area contributed by atoms with Crippen LogP contribution >= 0.6 is 11.3 Å². The van der Waals surface area contributed by atoms with Gasteiger partial charge >= 0.3 is 0 Å². The lowest BCUT2D eigenvalue weighted by Crippen LogP contribution is -2.54. The van der Waals surface area contributed by atoms with Gasteiger partial charge in [0.1, 0.15) is 6.04 Å². The number of nitrogens with zero attached hydrogens (tertiary/aromatic N) is 1. The molecule has 142 valence electrons. The van der Waals surface area contributed by atoms with Crippen molar-refractivity contribution >= 4 is 38.9 Å². The molecular weight excluding hydrogens is 386 g/mol. The molecule has 2 atom stereocenters. The molecule has 7 nitrogen and oxygen atoms in total. The van der Waals surface area contributed by atoms with Crippen LogP contribution in [0.3, 0.4) is 0 Å². The van der Waals surface area contributed by atoms with Crippen molar-refractivity contribution in [2.45, 2.75) is 24.9 Å². The largest absolute Gasteiger partial charge is 0.326 e. The summed E-state index contributed by atoms with van der Waals surface area (Å²) >= 11 is 1.58. The molecule has 0 saturated carbocycles. The fourth-order valence-corrected chi connectivity index (χ4v) is 5.21. The Morgan fingerprint density at radius 3 is 2.78 bits per heavy atom. The van der Waals surface area contributed by atoms with E-state index in [4.69, 9.17) is 0 Å². The Balaban J connectivity index is 1.65. The molecule has 2 aliphatic rings. The Hall–Kier alpha value is -2.23. The van der Waals surface area contributed by atoms with Crippen molar-refractivity contribution in [1.29, 1.82) is 0 Å². The van der Waals surface area contributed by atoms with Crippen LogP contribution in [0.1, 0.15) is 23.2 Å². The van der Waals surface area contributed by atoms with Crippen molar-refractivity contribution < 1.29 is 18.0 Å². The molecular formula is C18H19N3O4S2. The van der Waals surface area contributed by atoms with Gasteiger partial charge in [-0.15, -0.1) is 11.3 Å². The van der Waals surface area contributed by atoms with Gasteiger partial charge in [0.25, 0.3) is 5.91 Å². The Labute approximate surface area is 161 Å². The van der Waals surface area contributed by atoms with E-state index in [1.54, 1.807) is 22.3 Å². The minimum atomic E-state index is -3.37. The number of anilines is 1. The highest BCUT2D eigenvalue weighted by atomic mass is 32.2. The minimum absolute atomic E-state index is 0.204. The zero-order valence-electron chi connectivity index (χ0n) is 14.6. The number of amides is 2. The Morgan fingerprint density at radius 2 is 2.07 bits per heavy atom. The van der Waals surface area contributed by atoms with Gasteiger partial charge in [-0.1, -0.05) is 12.1 Å². The first-order chi connectivity index (χ1) is 12.8. The number of thiophene rings is 1. The van der Waals surface area contributed by atoms with Gasteiger partial charge in [0, 0.05) is 17.5 Å². The lowest BCUT2D eigenvalue weighted by Gasteiger charge is -2.37. The van der Waals surface area contributed by atoms with Gasteiger partial charge in [0.15, 0.2) is 0 Å². The number of nitrogens with one attached hydrogen (secondary N) is 2. The van der Waals surface area contributed by atoms with Gasteiger partial charge in [-0.05, 0) is 42.0 Å². The van der Waals surface area contributed by atoms with Crippen LogP contribution in [0.25, 0.3) is 10.4 Å². The summed E-state index contributed by atoms with van der Waals surface area (Å²) in [5.74, 6) is -0.490. The van der Waals surface area contributed by atoms with Crippen molar-refractivity contribution in [3.63, 3.8) is 0 Å². The molecule has 2 N–H and O–H groups in total. The zero-order valence-corrected chi connectivity index (χ0v) is 16.3. The summed E-state index contributed by atoms with van der Waals surface area (Å²) in [6, 6.07) is 8.34. The van der Waals surface area contributed by atoms with E-state index in [1.165, 1.54) is 0 Å². The van der Waals surface area contributed by atoms with E-state index in [2.05, 4.69) is 10.0 Å². The lowest BCUT2D eigenvalue weighted by atomic mass is 9.97. The van der Waals surface area contributed by atoms with Crippen LogP contribution in [0.2, 0.25) is 0 Å². The van der Waals surface area contributed by atoms with Crippen molar-refractivity contribution in [1.82, 2.24) is 9.62 Å². The van der Waals surface area contributed by atoms with Crippen LogP contribution in [-0.4, -0.2) is 50.0 Å². The molecule has 2 amide bonds. The Morgan fingerprint density at radius 1 is 1.26 bits per heavy atom. The predicted molar refractivity (Wildman–Crippen MR) is 104 cm³/mol. The lowest BCUT2D eigenvalue weighted by molar-refractivity contribution is -0.121. The highest BCUT2D eigenvalue weighted by molar-refractivity contribution is 7.88. The van der Waals surface area contributed by atoms with Crippen molar-refractivity contribution in [3.8, 4) is 10.4 Å². The summed E-state index contributed by atoms with van der Waals surface area (Å²) in [6.45, 7) is 0.326. The van der Waals surface area contributed by atoms with Crippen molar-refractivity contribution in [2.24, 2.45) is 0 Å². The van der Waals surface area contributed by atoms with Crippen LogP contribution in [0.5, 0.6) is 0 Å². The average Bonchev–Trinajstić information content (AvgIpc) is 3.11. The molecule has 27 heavy (non-hydrogen) atoms.